The molecule has 0 amide bonds. The van der Waals surface area contributed by atoms with E-state index in [2.05, 4.69) is 14.7 Å². The Balaban J connectivity index is 1.76. The second-order valence-corrected chi connectivity index (χ2v) is 8.37. The van der Waals surface area contributed by atoms with E-state index >= 15 is 0 Å². The number of aryl methyl sites for hydroxylation is 1. The number of nitrogens with one attached hydrogen (secondary N) is 1. The Hall–Kier alpha value is -2.16. The Kier molecular flexibility index (Phi) is 4.70. The maximum atomic E-state index is 13.0. The van der Waals surface area contributed by atoms with Gasteiger partial charge in [-0.1, -0.05) is 0 Å². The van der Waals surface area contributed by atoms with Crippen molar-refractivity contribution < 1.29 is 12.8 Å². The minimum atomic E-state index is -3.56. The van der Waals surface area contributed by atoms with Gasteiger partial charge in [-0.2, -0.15) is 0 Å². The molecule has 0 saturated carbocycles. The molecule has 3 rings (SSSR count). The standard InChI is InChI=1S/C16H14FN3O2S2/c1-11-2-7-16(23-11)24(21,22)20-9-14-8-15(19-10-18-14)12-3-5-13(17)6-4-12/h2-8,10,20H,9H2,1H3. The summed E-state index contributed by atoms with van der Waals surface area (Å²) in [6, 6.07) is 10.9. The monoisotopic (exact) mass is 363 g/mol. The third-order valence-corrected chi connectivity index (χ3v) is 6.18. The molecule has 0 spiro atoms. The van der Waals surface area contributed by atoms with Gasteiger partial charge in [0, 0.05) is 10.4 Å². The minimum absolute atomic E-state index is 0.0516. The number of benzene rings is 1. The molecule has 0 atom stereocenters. The lowest BCUT2D eigenvalue weighted by molar-refractivity contribution is 0.582. The van der Waals surface area contributed by atoms with Crippen LogP contribution in [0.4, 0.5) is 4.39 Å². The highest BCUT2D eigenvalue weighted by atomic mass is 32.2. The van der Waals surface area contributed by atoms with E-state index in [-0.39, 0.29) is 16.6 Å². The smallest absolute Gasteiger partial charge is 0.240 e. The van der Waals surface area contributed by atoms with Crippen molar-refractivity contribution in [2.24, 2.45) is 0 Å². The molecule has 3 aromatic rings. The van der Waals surface area contributed by atoms with Crippen molar-refractivity contribution in [1.82, 2.24) is 14.7 Å². The Morgan fingerprint density at radius 2 is 1.88 bits per heavy atom. The van der Waals surface area contributed by atoms with Crippen molar-refractivity contribution in [3.63, 3.8) is 0 Å². The van der Waals surface area contributed by atoms with Gasteiger partial charge in [0.25, 0.3) is 0 Å². The number of aromatic nitrogens is 2. The molecule has 1 aromatic carbocycles. The van der Waals surface area contributed by atoms with Gasteiger partial charge in [-0.05, 0) is 49.4 Å². The van der Waals surface area contributed by atoms with Crippen LogP contribution < -0.4 is 4.72 Å². The van der Waals surface area contributed by atoms with Crippen molar-refractivity contribution in [1.29, 1.82) is 0 Å². The van der Waals surface area contributed by atoms with E-state index < -0.39 is 10.0 Å². The molecular weight excluding hydrogens is 349 g/mol. The topological polar surface area (TPSA) is 72.0 Å². The number of thiophene rings is 1. The average molecular weight is 363 g/mol. The van der Waals surface area contributed by atoms with Crippen LogP contribution in [0.1, 0.15) is 10.6 Å². The first-order valence-corrected chi connectivity index (χ1v) is 9.37. The summed E-state index contributed by atoms with van der Waals surface area (Å²) in [5.41, 5.74) is 1.86. The van der Waals surface area contributed by atoms with Crippen LogP contribution in [-0.2, 0) is 16.6 Å². The maximum absolute atomic E-state index is 13.0. The molecule has 0 saturated heterocycles. The van der Waals surface area contributed by atoms with Crippen molar-refractivity contribution in [3.8, 4) is 11.3 Å². The number of rotatable bonds is 5. The first-order chi connectivity index (χ1) is 11.4. The van der Waals surface area contributed by atoms with E-state index in [1.807, 2.05) is 6.92 Å². The minimum Gasteiger partial charge on any atom is -0.240 e. The molecule has 0 bridgehead atoms. The van der Waals surface area contributed by atoms with Crippen LogP contribution in [0.3, 0.4) is 0 Å². The van der Waals surface area contributed by atoms with Crippen LogP contribution in [0.25, 0.3) is 11.3 Å². The van der Waals surface area contributed by atoms with Gasteiger partial charge in [0.2, 0.25) is 10.0 Å². The molecule has 24 heavy (non-hydrogen) atoms. The predicted molar refractivity (Wildman–Crippen MR) is 90.5 cm³/mol. The molecule has 0 fully saturated rings. The lowest BCUT2D eigenvalue weighted by atomic mass is 10.1. The highest BCUT2D eigenvalue weighted by Gasteiger charge is 2.16. The number of sulfonamides is 1. The first-order valence-electron chi connectivity index (χ1n) is 7.07. The zero-order chi connectivity index (χ0) is 17.2. The van der Waals surface area contributed by atoms with E-state index in [0.717, 1.165) is 10.4 Å². The summed E-state index contributed by atoms with van der Waals surface area (Å²) in [6.07, 6.45) is 1.36. The summed E-state index contributed by atoms with van der Waals surface area (Å²) in [4.78, 5) is 9.14. The quantitative estimate of drug-likeness (QED) is 0.756. The molecule has 0 aliphatic heterocycles. The molecule has 2 heterocycles. The van der Waals surface area contributed by atoms with E-state index in [0.29, 0.717) is 11.4 Å². The van der Waals surface area contributed by atoms with E-state index in [4.69, 9.17) is 0 Å². The lowest BCUT2D eigenvalue weighted by Crippen LogP contribution is -2.23. The zero-order valence-corrected chi connectivity index (χ0v) is 14.4. The Morgan fingerprint density at radius 3 is 2.54 bits per heavy atom. The van der Waals surface area contributed by atoms with Crippen LogP contribution in [-0.4, -0.2) is 18.4 Å². The van der Waals surface area contributed by atoms with Gasteiger partial charge in [-0.3, -0.25) is 0 Å². The highest BCUT2D eigenvalue weighted by molar-refractivity contribution is 7.91. The summed E-state index contributed by atoms with van der Waals surface area (Å²) in [5, 5.41) is 0. The predicted octanol–water partition coefficient (Wildman–Crippen LogP) is 3.13. The molecule has 0 aliphatic carbocycles. The number of nitrogens with zero attached hydrogens (tertiary/aromatic N) is 2. The van der Waals surface area contributed by atoms with Crippen LogP contribution in [0.15, 0.2) is 53.0 Å². The van der Waals surface area contributed by atoms with E-state index in [9.17, 15) is 12.8 Å². The van der Waals surface area contributed by atoms with Gasteiger partial charge in [-0.25, -0.2) is 27.5 Å². The van der Waals surface area contributed by atoms with E-state index in [1.165, 1.54) is 29.8 Å². The fourth-order valence-electron chi connectivity index (χ4n) is 2.07. The fraction of sp³-hybridized carbons (Fsp3) is 0.125. The van der Waals surface area contributed by atoms with Crippen LogP contribution >= 0.6 is 11.3 Å². The maximum Gasteiger partial charge on any atom is 0.250 e. The largest absolute Gasteiger partial charge is 0.250 e. The van der Waals surface area contributed by atoms with Crippen molar-refractivity contribution >= 4 is 21.4 Å². The lowest BCUT2D eigenvalue weighted by Gasteiger charge is -2.06. The molecular formula is C16H14FN3O2S2. The van der Waals surface area contributed by atoms with Crippen molar-refractivity contribution in [2.45, 2.75) is 17.7 Å². The second kappa shape index (κ2) is 6.76. The molecule has 8 heteroatoms. The second-order valence-electron chi connectivity index (χ2n) is 5.09. The molecule has 1 N–H and O–H groups in total. The van der Waals surface area contributed by atoms with Gasteiger partial charge in [-0.15, -0.1) is 11.3 Å². The summed E-state index contributed by atoms with van der Waals surface area (Å²) in [5.74, 6) is -0.327. The van der Waals surface area contributed by atoms with Crippen molar-refractivity contribution in [2.75, 3.05) is 0 Å². The van der Waals surface area contributed by atoms with E-state index in [1.54, 1.807) is 30.3 Å². The summed E-state index contributed by atoms with van der Waals surface area (Å²) >= 11 is 1.21. The Bertz CT molecular complexity index is 953. The van der Waals surface area contributed by atoms with Crippen LogP contribution in [0.5, 0.6) is 0 Å². The molecule has 5 nitrogen and oxygen atoms in total. The SMILES string of the molecule is Cc1ccc(S(=O)(=O)NCc2cc(-c3ccc(F)cc3)ncn2)s1. The Labute approximate surface area is 143 Å². The van der Waals surface area contributed by atoms with Gasteiger partial charge < -0.3 is 0 Å². The average Bonchev–Trinajstić information content (AvgIpc) is 3.02. The third-order valence-electron chi connectivity index (χ3n) is 3.29. The van der Waals surface area contributed by atoms with Gasteiger partial charge >= 0.3 is 0 Å². The highest BCUT2D eigenvalue weighted by Crippen LogP contribution is 2.21. The number of halogens is 1. The normalized spacial score (nSPS) is 11.6. The van der Waals surface area contributed by atoms with Gasteiger partial charge in [0.05, 0.1) is 17.9 Å². The summed E-state index contributed by atoms with van der Waals surface area (Å²) in [6.45, 7) is 1.90. The summed E-state index contributed by atoms with van der Waals surface area (Å²) in [7, 11) is -3.56. The number of hydrogen-bond donors (Lipinski definition) is 1. The molecule has 2 aromatic heterocycles. The molecule has 124 valence electrons. The third kappa shape index (κ3) is 3.84. The molecule has 0 aliphatic rings. The summed E-state index contributed by atoms with van der Waals surface area (Å²) < 4.78 is 40.2. The number of hydrogen-bond acceptors (Lipinski definition) is 5. The first kappa shape index (κ1) is 16.7. The zero-order valence-electron chi connectivity index (χ0n) is 12.7. The fourth-order valence-corrected chi connectivity index (χ4v) is 4.40. The van der Waals surface area contributed by atoms with Crippen LogP contribution in [0, 0.1) is 12.7 Å². The molecule has 0 unspecified atom stereocenters. The molecule has 0 radical (unpaired) electrons. The van der Waals surface area contributed by atoms with Crippen LogP contribution in [0.2, 0.25) is 0 Å². The van der Waals surface area contributed by atoms with Gasteiger partial charge in [0.15, 0.2) is 0 Å². The Morgan fingerprint density at radius 1 is 1.12 bits per heavy atom. The van der Waals surface area contributed by atoms with Crippen molar-refractivity contribution in [3.05, 3.63) is 65.2 Å². The van der Waals surface area contributed by atoms with Gasteiger partial charge in [0.1, 0.15) is 16.4 Å².